The summed E-state index contributed by atoms with van der Waals surface area (Å²) in [5.74, 6) is 1.52. The number of hydrogen-bond acceptors (Lipinski definition) is 5. The van der Waals surface area contributed by atoms with Gasteiger partial charge in [-0.15, -0.1) is 10.2 Å². The smallest absolute Gasteiger partial charge is 0.234 e. The van der Waals surface area contributed by atoms with Gasteiger partial charge in [0.25, 0.3) is 0 Å². The molecule has 2 aromatic heterocycles. The lowest BCUT2D eigenvalue weighted by molar-refractivity contribution is 0.522. The monoisotopic (exact) mass is 251 g/mol. The fourth-order valence-electron chi connectivity index (χ4n) is 1.89. The van der Waals surface area contributed by atoms with Crippen LogP contribution in [0.3, 0.4) is 0 Å². The molecule has 0 saturated heterocycles. The van der Waals surface area contributed by atoms with Crippen molar-refractivity contribution in [2.75, 3.05) is 0 Å². The molecule has 0 spiro atoms. The third-order valence-electron chi connectivity index (χ3n) is 3.09. The van der Waals surface area contributed by atoms with E-state index in [4.69, 9.17) is 5.73 Å². The highest BCUT2D eigenvalue weighted by molar-refractivity contribution is 7.16. The van der Waals surface area contributed by atoms with Crippen LogP contribution >= 0.6 is 11.3 Å². The van der Waals surface area contributed by atoms with E-state index in [1.54, 1.807) is 11.3 Å². The Morgan fingerprint density at radius 3 is 2.65 bits per heavy atom. The second kappa shape index (κ2) is 3.49. The molecule has 2 heterocycles. The van der Waals surface area contributed by atoms with Gasteiger partial charge in [-0.1, -0.05) is 32.1 Å². The van der Waals surface area contributed by atoms with E-state index in [0.29, 0.717) is 5.92 Å². The largest absolute Gasteiger partial charge is 0.322 e. The number of fused-ring (bicyclic) bond motifs is 1. The maximum atomic E-state index is 6.17. The average Bonchev–Trinajstić information content (AvgIpc) is 2.85. The molecule has 0 amide bonds. The molecule has 0 bridgehead atoms. The van der Waals surface area contributed by atoms with Gasteiger partial charge in [0.1, 0.15) is 5.01 Å². The Hall–Kier alpha value is -1.01. The molecule has 3 rings (SSSR count). The van der Waals surface area contributed by atoms with Gasteiger partial charge in [0.15, 0.2) is 5.82 Å². The van der Waals surface area contributed by atoms with Gasteiger partial charge in [0, 0.05) is 5.41 Å². The van der Waals surface area contributed by atoms with E-state index in [0.717, 1.165) is 15.8 Å². The van der Waals surface area contributed by atoms with Gasteiger partial charge in [0.2, 0.25) is 4.96 Å². The number of aromatic nitrogens is 4. The lowest BCUT2D eigenvalue weighted by atomic mass is 9.96. The Balaban J connectivity index is 2.04. The molecule has 0 radical (unpaired) electrons. The Kier molecular flexibility index (Phi) is 2.28. The Morgan fingerprint density at radius 1 is 1.35 bits per heavy atom. The minimum Gasteiger partial charge on any atom is -0.322 e. The molecule has 2 aromatic rings. The van der Waals surface area contributed by atoms with Crippen molar-refractivity contribution in [3.63, 3.8) is 0 Å². The second-order valence-corrected chi connectivity index (χ2v) is 6.76. The minimum absolute atomic E-state index is 0.0472. The second-order valence-electron chi connectivity index (χ2n) is 5.77. The summed E-state index contributed by atoms with van der Waals surface area (Å²) in [6.07, 6.45) is 2.46. The lowest BCUT2D eigenvalue weighted by Crippen LogP contribution is -2.17. The predicted molar refractivity (Wildman–Crippen MR) is 67.0 cm³/mol. The van der Waals surface area contributed by atoms with Gasteiger partial charge in [-0.2, -0.15) is 9.61 Å². The maximum Gasteiger partial charge on any atom is 0.234 e. The number of hydrogen-bond donors (Lipinski definition) is 1. The van der Waals surface area contributed by atoms with Crippen LogP contribution in [0.4, 0.5) is 0 Å². The van der Waals surface area contributed by atoms with Crippen LogP contribution < -0.4 is 5.73 Å². The molecule has 17 heavy (non-hydrogen) atoms. The molecule has 1 atom stereocenters. The highest BCUT2D eigenvalue weighted by Gasteiger charge is 2.33. The highest BCUT2D eigenvalue weighted by atomic mass is 32.1. The van der Waals surface area contributed by atoms with Crippen molar-refractivity contribution < 1.29 is 0 Å². The normalized spacial score (nSPS) is 18.8. The van der Waals surface area contributed by atoms with Crippen molar-refractivity contribution in [2.24, 2.45) is 11.7 Å². The van der Waals surface area contributed by atoms with Crippen LogP contribution in [0, 0.1) is 5.92 Å². The molecule has 0 aromatic carbocycles. The molecule has 92 valence electrons. The van der Waals surface area contributed by atoms with Crippen molar-refractivity contribution in [1.29, 1.82) is 0 Å². The first-order valence-corrected chi connectivity index (χ1v) is 6.76. The molecule has 1 unspecified atom stereocenters. The predicted octanol–water partition coefficient (Wildman–Crippen LogP) is 1.89. The number of rotatable bonds is 2. The Bertz CT molecular complexity index is 546. The molecule has 2 N–H and O–H groups in total. The summed E-state index contributed by atoms with van der Waals surface area (Å²) < 4.78 is 1.85. The highest BCUT2D eigenvalue weighted by Crippen LogP contribution is 2.40. The molecule has 0 aliphatic heterocycles. The van der Waals surface area contributed by atoms with Crippen molar-refractivity contribution in [3.05, 3.63) is 10.8 Å². The zero-order valence-electron chi connectivity index (χ0n) is 10.3. The van der Waals surface area contributed by atoms with Crippen LogP contribution in [0.1, 0.15) is 50.5 Å². The standard InChI is InChI=1S/C11H17N5S/c1-11(2,3)9-13-14-10-16(9)15-8(17-10)7(12)6-4-5-6/h6-7H,4-5,12H2,1-3H3. The van der Waals surface area contributed by atoms with E-state index in [1.807, 2.05) is 4.52 Å². The fraction of sp³-hybridized carbons (Fsp3) is 0.727. The zero-order valence-corrected chi connectivity index (χ0v) is 11.2. The third kappa shape index (κ3) is 1.85. The first-order chi connectivity index (χ1) is 7.97. The molecule has 6 heteroatoms. The van der Waals surface area contributed by atoms with Crippen molar-refractivity contribution in [2.45, 2.75) is 45.1 Å². The molecular formula is C11H17N5S. The fourth-order valence-corrected chi connectivity index (χ4v) is 2.82. The Labute approximate surface area is 104 Å². The molecule has 5 nitrogen and oxygen atoms in total. The van der Waals surface area contributed by atoms with Gasteiger partial charge in [-0.05, 0) is 18.8 Å². The Morgan fingerprint density at radius 2 is 2.06 bits per heavy atom. The summed E-state index contributed by atoms with van der Waals surface area (Å²) in [5, 5.41) is 14.0. The summed E-state index contributed by atoms with van der Waals surface area (Å²) in [7, 11) is 0. The maximum absolute atomic E-state index is 6.17. The topological polar surface area (TPSA) is 69.1 Å². The average molecular weight is 251 g/mol. The van der Waals surface area contributed by atoms with Crippen molar-refractivity contribution in [1.82, 2.24) is 19.8 Å². The molecule has 1 aliphatic carbocycles. The summed E-state index contributed by atoms with van der Waals surface area (Å²) >= 11 is 1.56. The van der Waals surface area contributed by atoms with Gasteiger partial charge < -0.3 is 5.73 Å². The van der Waals surface area contributed by atoms with Gasteiger partial charge >= 0.3 is 0 Å². The van der Waals surface area contributed by atoms with Crippen LogP contribution in [0.2, 0.25) is 0 Å². The van der Waals surface area contributed by atoms with E-state index in [2.05, 4.69) is 36.1 Å². The van der Waals surface area contributed by atoms with E-state index in [-0.39, 0.29) is 11.5 Å². The summed E-state index contributed by atoms with van der Waals surface area (Å²) in [6, 6.07) is 0.0783. The quantitative estimate of drug-likeness (QED) is 0.885. The SMILES string of the molecule is CC(C)(C)c1nnc2sc(C(N)C3CC3)nn12. The summed E-state index contributed by atoms with van der Waals surface area (Å²) in [6.45, 7) is 6.34. The van der Waals surface area contributed by atoms with Crippen LogP contribution in [0.25, 0.3) is 4.96 Å². The van der Waals surface area contributed by atoms with Crippen molar-refractivity contribution >= 4 is 16.3 Å². The van der Waals surface area contributed by atoms with Crippen LogP contribution in [0.5, 0.6) is 0 Å². The van der Waals surface area contributed by atoms with Crippen molar-refractivity contribution in [3.8, 4) is 0 Å². The zero-order chi connectivity index (χ0) is 12.2. The summed E-state index contributed by atoms with van der Waals surface area (Å²) in [5.41, 5.74) is 6.12. The minimum atomic E-state index is -0.0472. The van der Waals surface area contributed by atoms with E-state index >= 15 is 0 Å². The summed E-state index contributed by atoms with van der Waals surface area (Å²) in [4.78, 5) is 0.848. The van der Waals surface area contributed by atoms with Gasteiger partial charge in [-0.3, -0.25) is 0 Å². The molecular weight excluding hydrogens is 234 g/mol. The molecule has 1 saturated carbocycles. The van der Waals surface area contributed by atoms with E-state index < -0.39 is 0 Å². The van der Waals surface area contributed by atoms with Crippen LogP contribution in [-0.2, 0) is 5.41 Å². The van der Waals surface area contributed by atoms with E-state index in [1.165, 1.54) is 12.8 Å². The van der Waals surface area contributed by atoms with Crippen LogP contribution in [-0.4, -0.2) is 19.8 Å². The first kappa shape index (κ1) is 11.1. The molecule has 1 aliphatic rings. The third-order valence-corrected chi connectivity index (χ3v) is 4.09. The van der Waals surface area contributed by atoms with Crippen LogP contribution in [0.15, 0.2) is 0 Å². The lowest BCUT2D eigenvalue weighted by Gasteiger charge is -2.13. The number of nitrogens with zero attached hydrogens (tertiary/aromatic N) is 4. The molecule has 1 fully saturated rings. The first-order valence-electron chi connectivity index (χ1n) is 5.95. The van der Waals surface area contributed by atoms with E-state index in [9.17, 15) is 0 Å². The van der Waals surface area contributed by atoms with Gasteiger partial charge in [0.05, 0.1) is 6.04 Å². The number of nitrogens with two attached hydrogens (primary N) is 1. The van der Waals surface area contributed by atoms with Gasteiger partial charge in [-0.25, -0.2) is 0 Å².